The summed E-state index contributed by atoms with van der Waals surface area (Å²) in [7, 11) is 5.57. The minimum Gasteiger partial charge on any atom is -0.497 e. The van der Waals surface area contributed by atoms with Crippen LogP contribution in [0, 0.1) is 0 Å². The van der Waals surface area contributed by atoms with E-state index in [1.807, 2.05) is 37.2 Å². The van der Waals surface area contributed by atoms with E-state index >= 15 is 0 Å². The Labute approximate surface area is 88.5 Å². The number of anilines is 1. The molecule has 0 aliphatic heterocycles. The average Bonchev–Trinajstić information content (AvgIpc) is 2.27. The van der Waals surface area contributed by atoms with Crippen molar-refractivity contribution in [2.24, 2.45) is 0 Å². The largest absolute Gasteiger partial charge is 0.497 e. The molecule has 0 amide bonds. The predicted molar refractivity (Wildman–Crippen MR) is 60.4 cm³/mol. The number of ether oxygens (including phenoxy) is 1. The number of hydrogen-bond donors (Lipinski definition) is 0. The van der Waals surface area contributed by atoms with Gasteiger partial charge in [-0.3, -0.25) is 0 Å². The van der Waals surface area contributed by atoms with Gasteiger partial charge in [0.05, 0.1) is 12.6 Å². The second kappa shape index (κ2) is 3.73. The lowest BCUT2D eigenvalue weighted by atomic mass is 10.2. The molecule has 1 aromatic carbocycles. The maximum atomic E-state index is 5.18. The van der Waals surface area contributed by atoms with Crippen LogP contribution in [0.25, 0.3) is 10.9 Å². The van der Waals surface area contributed by atoms with Crippen molar-refractivity contribution < 1.29 is 4.74 Å². The highest BCUT2D eigenvalue weighted by atomic mass is 16.5. The van der Waals surface area contributed by atoms with Gasteiger partial charge in [-0.25, -0.2) is 9.97 Å². The average molecular weight is 203 g/mol. The molecule has 0 spiro atoms. The Hall–Kier alpha value is -1.84. The molecule has 0 saturated carbocycles. The standard InChI is InChI=1S/C11H13N3O/c1-14(2)11-9-6-8(15-3)4-5-10(9)12-7-13-11/h4-7H,1-3H3. The van der Waals surface area contributed by atoms with Crippen LogP contribution in [0.4, 0.5) is 5.82 Å². The van der Waals surface area contributed by atoms with Crippen molar-refractivity contribution in [3.05, 3.63) is 24.5 Å². The van der Waals surface area contributed by atoms with Gasteiger partial charge in [0.25, 0.3) is 0 Å². The molecular weight excluding hydrogens is 190 g/mol. The van der Waals surface area contributed by atoms with Gasteiger partial charge in [0.1, 0.15) is 17.9 Å². The van der Waals surface area contributed by atoms with Crippen LogP contribution >= 0.6 is 0 Å². The van der Waals surface area contributed by atoms with Crippen molar-refractivity contribution in [2.45, 2.75) is 0 Å². The Bertz CT molecular complexity index is 482. The van der Waals surface area contributed by atoms with Crippen molar-refractivity contribution in [2.75, 3.05) is 26.1 Å². The third kappa shape index (κ3) is 1.70. The first-order valence-electron chi connectivity index (χ1n) is 4.68. The highest BCUT2D eigenvalue weighted by Crippen LogP contribution is 2.25. The molecule has 0 N–H and O–H groups in total. The molecule has 1 aromatic heterocycles. The Morgan fingerprint density at radius 1 is 1.20 bits per heavy atom. The van der Waals surface area contributed by atoms with Gasteiger partial charge in [0.15, 0.2) is 0 Å². The fourth-order valence-electron chi connectivity index (χ4n) is 1.51. The molecule has 0 saturated heterocycles. The molecule has 2 rings (SSSR count). The number of aromatic nitrogens is 2. The summed E-state index contributed by atoms with van der Waals surface area (Å²) in [5.74, 6) is 1.72. The number of hydrogen-bond acceptors (Lipinski definition) is 4. The number of rotatable bonds is 2. The third-order valence-electron chi connectivity index (χ3n) is 2.25. The van der Waals surface area contributed by atoms with Gasteiger partial charge in [-0.1, -0.05) is 0 Å². The first-order valence-corrected chi connectivity index (χ1v) is 4.68. The van der Waals surface area contributed by atoms with Crippen LogP contribution in [0.15, 0.2) is 24.5 Å². The summed E-state index contributed by atoms with van der Waals surface area (Å²) in [4.78, 5) is 10.4. The van der Waals surface area contributed by atoms with Crippen LogP contribution in [0.1, 0.15) is 0 Å². The molecular formula is C11H13N3O. The van der Waals surface area contributed by atoms with Crippen LogP contribution in [0.3, 0.4) is 0 Å². The summed E-state index contributed by atoms with van der Waals surface area (Å²) < 4.78 is 5.18. The van der Waals surface area contributed by atoms with Crippen LogP contribution in [-0.2, 0) is 0 Å². The number of nitrogens with zero attached hydrogens (tertiary/aromatic N) is 3. The fourth-order valence-corrected chi connectivity index (χ4v) is 1.51. The lowest BCUT2D eigenvalue weighted by Gasteiger charge is -2.13. The summed E-state index contributed by atoms with van der Waals surface area (Å²) >= 11 is 0. The topological polar surface area (TPSA) is 38.3 Å². The van der Waals surface area contributed by atoms with Crippen molar-refractivity contribution in [3.63, 3.8) is 0 Å². The Morgan fingerprint density at radius 3 is 2.67 bits per heavy atom. The van der Waals surface area contributed by atoms with Crippen LogP contribution < -0.4 is 9.64 Å². The van der Waals surface area contributed by atoms with E-state index in [4.69, 9.17) is 4.74 Å². The second-order valence-electron chi connectivity index (χ2n) is 3.47. The fraction of sp³-hybridized carbons (Fsp3) is 0.273. The van der Waals surface area contributed by atoms with Crippen molar-refractivity contribution >= 4 is 16.7 Å². The van der Waals surface area contributed by atoms with Crippen molar-refractivity contribution in [1.29, 1.82) is 0 Å². The molecule has 4 nitrogen and oxygen atoms in total. The molecule has 15 heavy (non-hydrogen) atoms. The highest BCUT2D eigenvalue weighted by Gasteiger charge is 2.06. The maximum Gasteiger partial charge on any atom is 0.139 e. The first-order chi connectivity index (χ1) is 7.22. The Morgan fingerprint density at radius 2 is 2.00 bits per heavy atom. The lowest BCUT2D eigenvalue weighted by Crippen LogP contribution is -2.11. The molecule has 0 aliphatic rings. The van der Waals surface area contributed by atoms with E-state index in [1.54, 1.807) is 13.4 Å². The molecule has 0 unspecified atom stereocenters. The summed E-state index contributed by atoms with van der Waals surface area (Å²) in [6.45, 7) is 0. The molecule has 4 heteroatoms. The summed E-state index contributed by atoms with van der Waals surface area (Å²) in [5, 5.41) is 1.00. The second-order valence-corrected chi connectivity index (χ2v) is 3.47. The normalized spacial score (nSPS) is 10.3. The van der Waals surface area contributed by atoms with Crippen molar-refractivity contribution in [3.8, 4) is 5.75 Å². The predicted octanol–water partition coefficient (Wildman–Crippen LogP) is 1.70. The molecule has 0 fully saturated rings. The minimum atomic E-state index is 0.820. The van der Waals surface area contributed by atoms with Gasteiger partial charge in [0.2, 0.25) is 0 Å². The Balaban J connectivity index is 2.70. The van der Waals surface area contributed by atoms with Gasteiger partial charge in [-0.2, -0.15) is 0 Å². The van der Waals surface area contributed by atoms with E-state index in [2.05, 4.69) is 9.97 Å². The van der Waals surface area contributed by atoms with Gasteiger partial charge < -0.3 is 9.64 Å². The molecule has 1 heterocycles. The zero-order valence-corrected chi connectivity index (χ0v) is 9.06. The molecule has 78 valence electrons. The SMILES string of the molecule is COc1ccc2ncnc(N(C)C)c2c1. The summed E-state index contributed by atoms with van der Waals surface area (Å²) in [6.07, 6.45) is 1.57. The molecule has 0 bridgehead atoms. The van der Waals surface area contributed by atoms with Gasteiger partial charge >= 0.3 is 0 Å². The van der Waals surface area contributed by atoms with Crippen LogP contribution in [0.5, 0.6) is 5.75 Å². The number of benzene rings is 1. The van der Waals surface area contributed by atoms with E-state index < -0.39 is 0 Å². The monoisotopic (exact) mass is 203 g/mol. The molecule has 0 radical (unpaired) electrons. The van der Waals surface area contributed by atoms with E-state index in [0.717, 1.165) is 22.5 Å². The zero-order chi connectivity index (χ0) is 10.8. The summed E-state index contributed by atoms with van der Waals surface area (Å²) in [5.41, 5.74) is 0.925. The number of methoxy groups -OCH3 is 1. The Kier molecular flexibility index (Phi) is 2.41. The lowest BCUT2D eigenvalue weighted by molar-refractivity contribution is 0.415. The van der Waals surface area contributed by atoms with E-state index in [9.17, 15) is 0 Å². The highest BCUT2D eigenvalue weighted by molar-refractivity contribution is 5.90. The summed E-state index contributed by atoms with van der Waals surface area (Å²) in [6, 6.07) is 5.78. The molecule has 0 atom stereocenters. The molecule has 0 aliphatic carbocycles. The number of fused-ring (bicyclic) bond motifs is 1. The zero-order valence-electron chi connectivity index (χ0n) is 9.06. The minimum absolute atomic E-state index is 0.820. The van der Waals surface area contributed by atoms with E-state index in [0.29, 0.717) is 0 Å². The smallest absolute Gasteiger partial charge is 0.139 e. The third-order valence-corrected chi connectivity index (χ3v) is 2.25. The van der Waals surface area contributed by atoms with Gasteiger partial charge in [-0.05, 0) is 18.2 Å². The van der Waals surface area contributed by atoms with Crippen LogP contribution in [-0.4, -0.2) is 31.2 Å². The van der Waals surface area contributed by atoms with Crippen molar-refractivity contribution in [1.82, 2.24) is 9.97 Å². The van der Waals surface area contributed by atoms with Crippen LogP contribution in [0.2, 0.25) is 0 Å². The van der Waals surface area contributed by atoms with E-state index in [1.165, 1.54) is 0 Å². The maximum absolute atomic E-state index is 5.18. The van der Waals surface area contributed by atoms with E-state index in [-0.39, 0.29) is 0 Å². The quantitative estimate of drug-likeness (QED) is 0.744. The molecule has 2 aromatic rings. The van der Waals surface area contributed by atoms with Gasteiger partial charge in [-0.15, -0.1) is 0 Å². The first kappa shape index (κ1) is 9.71. The van der Waals surface area contributed by atoms with Gasteiger partial charge in [0, 0.05) is 19.5 Å².